The summed E-state index contributed by atoms with van der Waals surface area (Å²) in [6.45, 7) is 2.00. The van der Waals surface area contributed by atoms with Gasteiger partial charge in [-0.3, -0.25) is 9.59 Å². The van der Waals surface area contributed by atoms with Crippen LogP contribution in [-0.2, 0) is 0 Å². The molecule has 0 radical (unpaired) electrons. The maximum absolute atomic E-state index is 12.1. The number of nitrogens with one attached hydrogen (secondary N) is 3. The fourth-order valence-electron chi connectivity index (χ4n) is 1.93. The number of para-hydroxylation sites is 1. The fraction of sp³-hybridized carbons (Fsp3) is 0.200. The van der Waals surface area contributed by atoms with Crippen LogP contribution < -0.4 is 16.1 Å². The minimum absolute atomic E-state index is 0.0967. The van der Waals surface area contributed by atoms with Gasteiger partial charge in [0.1, 0.15) is 5.56 Å². The highest BCUT2D eigenvalue weighted by Crippen LogP contribution is 2.22. The van der Waals surface area contributed by atoms with E-state index in [1.807, 2.05) is 38.2 Å². The zero-order valence-electron chi connectivity index (χ0n) is 11.4. The number of hydrogen-bond donors (Lipinski definition) is 3. The molecule has 2 rings (SSSR count). The number of H-pyrrole nitrogens is 1. The lowest BCUT2D eigenvalue weighted by molar-refractivity contribution is 0.102. The van der Waals surface area contributed by atoms with E-state index >= 15 is 0 Å². The molecule has 0 fully saturated rings. The summed E-state index contributed by atoms with van der Waals surface area (Å²) < 4.78 is 0. The highest BCUT2D eigenvalue weighted by atomic mass is 16.2. The van der Waals surface area contributed by atoms with Crippen molar-refractivity contribution in [2.75, 3.05) is 12.4 Å². The van der Waals surface area contributed by atoms with Crippen LogP contribution in [-0.4, -0.2) is 17.9 Å². The number of pyridine rings is 1. The van der Waals surface area contributed by atoms with Crippen molar-refractivity contribution >= 4 is 11.6 Å². The molecule has 0 aliphatic carbocycles. The van der Waals surface area contributed by atoms with Gasteiger partial charge < -0.3 is 15.6 Å². The van der Waals surface area contributed by atoms with Crippen LogP contribution in [0.15, 0.2) is 47.5 Å². The average molecular weight is 271 g/mol. The Morgan fingerprint density at radius 3 is 2.70 bits per heavy atom. The molecule has 5 heteroatoms. The van der Waals surface area contributed by atoms with Crippen molar-refractivity contribution in [3.8, 4) is 0 Å². The number of carbonyl (C=O) groups is 1. The average Bonchev–Trinajstić information content (AvgIpc) is 2.47. The minimum Gasteiger partial charge on any atom is -0.367 e. The van der Waals surface area contributed by atoms with Crippen LogP contribution in [0.1, 0.15) is 28.9 Å². The van der Waals surface area contributed by atoms with Crippen molar-refractivity contribution in [1.29, 1.82) is 0 Å². The Morgan fingerprint density at radius 1 is 1.25 bits per heavy atom. The third-order valence-electron chi connectivity index (χ3n) is 3.18. The largest absolute Gasteiger partial charge is 0.367 e. The van der Waals surface area contributed by atoms with Gasteiger partial charge in [-0.15, -0.1) is 0 Å². The van der Waals surface area contributed by atoms with Crippen molar-refractivity contribution in [3.05, 3.63) is 64.1 Å². The van der Waals surface area contributed by atoms with Crippen LogP contribution in [0.5, 0.6) is 0 Å². The SMILES string of the molecule is CNC(C)c1ccccc1NC(=O)c1c[nH]ccc1=O. The Hall–Kier alpha value is -2.40. The number of hydrogen-bond acceptors (Lipinski definition) is 3. The van der Waals surface area contributed by atoms with Gasteiger partial charge in [0, 0.05) is 30.2 Å². The van der Waals surface area contributed by atoms with E-state index in [1.165, 1.54) is 18.5 Å². The summed E-state index contributed by atoms with van der Waals surface area (Å²) in [7, 11) is 1.85. The Morgan fingerprint density at radius 2 is 2.00 bits per heavy atom. The van der Waals surface area contributed by atoms with Crippen LogP contribution in [0.25, 0.3) is 0 Å². The molecule has 1 aromatic heterocycles. The second kappa shape index (κ2) is 6.16. The molecular formula is C15H17N3O2. The van der Waals surface area contributed by atoms with Crippen LogP contribution in [0.3, 0.4) is 0 Å². The van der Waals surface area contributed by atoms with Crippen molar-refractivity contribution in [1.82, 2.24) is 10.3 Å². The summed E-state index contributed by atoms with van der Waals surface area (Å²) in [6.07, 6.45) is 2.90. The van der Waals surface area contributed by atoms with Gasteiger partial charge in [-0.2, -0.15) is 0 Å². The summed E-state index contributed by atoms with van der Waals surface area (Å²) in [5.74, 6) is -0.414. The Balaban J connectivity index is 2.29. The minimum atomic E-state index is -0.414. The predicted molar refractivity (Wildman–Crippen MR) is 78.9 cm³/mol. The van der Waals surface area contributed by atoms with Crippen molar-refractivity contribution < 1.29 is 4.79 Å². The first-order chi connectivity index (χ1) is 9.63. The van der Waals surface area contributed by atoms with E-state index in [9.17, 15) is 9.59 Å². The second-order valence-electron chi connectivity index (χ2n) is 4.47. The van der Waals surface area contributed by atoms with Crippen molar-refractivity contribution in [2.24, 2.45) is 0 Å². The molecule has 1 atom stereocenters. The van der Waals surface area contributed by atoms with Gasteiger partial charge in [0.15, 0.2) is 5.43 Å². The normalized spacial score (nSPS) is 11.9. The summed E-state index contributed by atoms with van der Waals surface area (Å²) in [4.78, 5) is 26.5. The lowest BCUT2D eigenvalue weighted by Gasteiger charge is -2.16. The maximum atomic E-state index is 12.1. The molecule has 0 aliphatic rings. The molecule has 3 N–H and O–H groups in total. The molecule has 0 spiro atoms. The quantitative estimate of drug-likeness (QED) is 0.795. The molecule has 0 aliphatic heterocycles. The van der Waals surface area contributed by atoms with Crippen LogP contribution in [0.2, 0.25) is 0 Å². The van der Waals surface area contributed by atoms with E-state index in [1.54, 1.807) is 0 Å². The highest BCUT2D eigenvalue weighted by molar-refractivity contribution is 6.04. The number of anilines is 1. The van der Waals surface area contributed by atoms with E-state index in [-0.39, 0.29) is 17.0 Å². The Bertz CT molecular complexity index is 664. The van der Waals surface area contributed by atoms with Gasteiger partial charge in [0.2, 0.25) is 0 Å². The summed E-state index contributed by atoms with van der Waals surface area (Å²) in [6, 6.07) is 8.94. The smallest absolute Gasteiger partial charge is 0.261 e. The van der Waals surface area contributed by atoms with Gasteiger partial charge in [-0.1, -0.05) is 18.2 Å². The molecule has 2 aromatic rings. The number of aromatic amines is 1. The topological polar surface area (TPSA) is 74.0 Å². The number of aromatic nitrogens is 1. The maximum Gasteiger partial charge on any atom is 0.261 e. The van der Waals surface area contributed by atoms with Gasteiger partial charge in [-0.05, 0) is 25.6 Å². The lowest BCUT2D eigenvalue weighted by atomic mass is 10.1. The summed E-state index contributed by atoms with van der Waals surface area (Å²) >= 11 is 0. The Labute approximate surface area is 117 Å². The van der Waals surface area contributed by atoms with Gasteiger partial charge in [-0.25, -0.2) is 0 Å². The summed E-state index contributed by atoms with van der Waals surface area (Å²) in [5.41, 5.74) is 1.46. The second-order valence-corrected chi connectivity index (χ2v) is 4.47. The third-order valence-corrected chi connectivity index (χ3v) is 3.18. The number of benzene rings is 1. The number of amides is 1. The summed E-state index contributed by atoms with van der Waals surface area (Å²) in [5, 5.41) is 5.91. The fourth-order valence-corrected chi connectivity index (χ4v) is 1.93. The van der Waals surface area contributed by atoms with E-state index < -0.39 is 5.91 Å². The van der Waals surface area contributed by atoms with Gasteiger partial charge in [0.25, 0.3) is 5.91 Å². The van der Waals surface area contributed by atoms with Crippen molar-refractivity contribution in [2.45, 2.75) is 13.0 Å². The number of rotatable bonds is 4. The molecule has 1 aromatic carbocycles. The van der Waals surface area contributed by atoms with Gasteiger partial charge >= 0.3 is 0 Å². The molecule has 5 nitrogen and oxygen atoms in total. The number of carbonyl (C=O) groups excluding carboxylic acids is 1. The molecule has 0 saturated heterocycles. The molecule has 20 heavy (non-hydrogen) atoms. The lowest BCUT2D eigenvalue weighted by Crippen LogP contribution is -2.22. The predicted octanol–water partition coefficient (Wildman–Crippen LogP) is 1.91. The van der Waals surface area contributed by atoms with E-state index in [0.717, 1.165) is 5.56 Å². The molecule has 0 bridgehead atoms. The zero-order valence-corrected chi connectivity index (χ0v) is 11.4. The van der Waals surface area contributed by atoms with E-state index in [2.05, 4.69) is 15.6 Å². The first kappa shape index (κ1) is 14.0. The first-order valence-electron chi connectivity index (χ1n) is 6.38. The molecule has 104 valence electrons. The molecule has 1 unspecified atom stereocenters. The van der Waals surface area contributed by atoms with Gasteiger partial charge in [0.05, 0.1) is 0 Å². The molecule has 1 amide bonds. The Kier molecular flexibility index (Phi) is 4.32. The van der Waals surface area contributed by atoms with Crippen LogP contribution in [0.4, 0.5) is 5.69 Å². The molecular weight excluding hydrogens is 254 g/mol. The third kappa shape index (κ3) is 2.95. The van der Waals surface area contributed by atoms with Crippen molar-refractivity contribution in [3.63, 3.8) is 0 Å². The highest BCUT2D eigenvalue weighted by Gasteiger charge is 2.13. The van der Waals surface area contributed by atoms with E-state index in [0.29, 0.717) is 5.69 Å². The van der Waals surface area contributed by atoms with Crippen LogP contribution >= 0.6 is 0 Å². The standard InChI is InChI=1S/C15H17N3O2/c1-10(16-2)11-5-3-4-6-13(11)18-15(20)12-9-17-8-7-14(12)19/h3-10,16H,1-2H3,(H,17,19)(H,18,20). The monoisotopic (exact) mass is 271 g/mol. The van der Waals surface area contributed by atoms with Crippen LogP contribution in [0, 0.1) is 0 Å². The zero-order chi connectivity index (χ0) is 14.5. The first-order valence-corrected chi connectivity index (χ1v) is 6.38. The van der Waals surface area contributed by atoms with E-state index in [4.69, 9.17) is 0 Å². The molecule has 1 heterocycles. The molecule has 0 saturated carbocycles.